The van der Waals surface area contributed by atoms with E-state index >= 15 is 0 Å². The van der Waals surface area contributed by atoms with Crippen LogP contribution >= 0.6 is 0 Å². The monoisotopic (exact) mass is 446 g/mol. The van der Waals surface area contributed by atoms with Crippen LogP contribution in [0.3, 0.4) is 0 Å². The van der Waals surface area contributed by atoms with Crippen molar-refractivity contribution in [1.82, 2.24) is 14.8 Å². The van der Waals surface area contributed by atoms with Crippen molar-refractivity contribution in [3.63, 3.8) is 0 Å². The Balaban J connectivity index is 1.46. The second kappa shape index (κ2) is 11.5. The van der Waals surface area contributed by atoms with Gasteiger partial charge in [0.15, 0.2) is 6.23 Å². The molecule has 1 fully saturated rings. The number of hydrogen-bond donors (Lipinski definition) is 2. The fraction of sp³-hybridized carbons (Fsp3) is 0.545. The molecule has 3 atom stereocenters. The van der Waals surface area contributed by atoms with Gasteiger partial charge >= 0.3 is 6.16 Å². The van der Waals surface area contributed by atoms with Gasteiger partial charge in [0, 0.05) is 12.8 Å². The molecule has 0 saturated carbocycles. The highest BCUT2D eigenvalue weighted by atomic mass is 16.7. The van der Waals surface area contributed by atoms with Crippen LogP contribution in [0.5, 0.6) is 5.75 Å². The molecule has 0 radical (unpaired) electrons. The number of carboxylic acid groups (broad SMARTS) is 1. The maximum absolute atomic E-state index is 11.6. The van der Waals surface area contributed by atoms with Crippen LogP contribution in [0.4, 0.5) is 4.79 Å². The molecule has 0 aliphatic carbocycles. The largest absolute Gasteiger partial charge is 0.506 e. The molecule has 1 aliphatic heterocycles. The van der Waals surface area contributed by atoms with Gasteiger partial charge < -0.3 is 25.1 Å². The van der Waals surface area contributed by atoms with Gasteiger partial charge in [-0.3, -0.25) is 9.78 Å². The lowest BCUT2D eigenvalue weighted by Gasteiger charge is -2.24. The number of aromatic nitrogens is 3. The summed E-state index contributed by atoms with van der Waals surface area (Å²) in [4.78, 5) is 26.7. The maximum atomic E-state index is 11.6. The lowest BCUT2D eigenvalue weighted by molar-refractivity contribution is -0.125. The Morgan fingerprint density at radius 2 is 2.16 bits per heavy atom. The Morgan fingerprint density at radius 3 is 2.81 bits per heavy atom. The van der Waals surface area contributed by atoms with Crippen LogP contribution in [0.1, 0.15) is 51.7 Å². The van der Waals surface area contributed by atoms with Gasteiger partial charge in [0.05, 0.1) is 30.1 Å². The number of pyridine rings is 1. The number of nitrogens with two attached hydrogens (primary N) is 1. The molecule has 3 unspecified atom stereocenters. The van der Waals surface area contributed by atoms with E-state index in [1.54, 1.807) is 12.4 Å². The minimum absolute atomic E-state index is 0.0562. The van der Waals surface area contributed by atoms with Crippen molar-refractivity contribution in [1.29, 1.82) is 0 Å². The lowest BCUT2D eigenvalue weighted by atomic mass is 9.96. The van der Waals surface area contributed by atoms with Gasteiger partial charge in [-0.15, -0.1) is 0 Å². The zero-order valence-corrected chi connectivity index (χ0v) is 18.2. The average molecular weight is 447 g/mol. The first-order valence-electron chi connectivity index (χ1n) is 10.9. The van der Waals surface area contributed by atoms with E-state index in [2.05, 4.69) is 14.8 Å². The molecule has 0 aromatic carbocycles. The first kappa shape index (κ1) is 23.5. The molecule has 32 heavy (non-hydrogen) atoms. The van der Waals surface area contributed by atoms with E-state index in [0.29, 0.717) is 31.6 Å². The van der Waals surface area contributed by atoms with Crippen molar-refractivity contribution in [2.24, 2.45) is 11.7 Å². The highest BCUT2D eigenvalue weighted by Gasteiger charge is 2.25. The number of rotatable bonds is 11. The summed E-state index contributed by atoms with van der Waals surface area (Å²) in [6.07, 6.45) is 6.05. The van der Waals surface area contributed by atoms with Crippen molar-refractivity contribution >= 4 is 12.1 Å². The summed E-state index contributed by atoms with van der Waals surface area (Å²) in [7, 11) is 0. The number of hydrogen-bond acceptors (Lipinski definition) is 7. The first-order valence-corrected chi connectivity index (χ1v) is 10.9. The van der Waals surface area contributed by atoms with Crippen molar-refractivity contribution < 1.29 is 28.9 Å². The van der Waals surface area contributed by atoms with E-state index in [1.165, 1.54) is 6.92 Å². The third-order valence-electron chi connectivity index (χ3n) is 5.49. The van der Waals surface area contributed by atoms with Gasteiger partial charge in [-0.25, -0.2) is 9.48 Å². The molecule has 1 aliphatic rings. The molecule has 10 nitrogen and oxygen atoms in total. The standard InChI is InChI=1S/C22H30N4O6/c1-15(32-22(28)29)17(21(23)27)6-2-4-12-30-16-8-9-18(24-14-16)19-10-11-25-26(19)20-7-3-5-13-31-20/h8-11,14-15,17,20H,2-7,12-13H2,1H3,(H2,23,27)(H,28,29). The van der Waals surface area contributed by atoms with Crippen LogP contribution in [0.2, 0.25) is 0 Å². The van der Waals surface area contributed by atoms with Crippen molar-refractivity contribution in [2.75, 3.05) is 13.2 Å². The minimum atomic E-state index is -1.42. The summed E-state index contributed by atoms with van der Waals surface area (Å²) < 4.78 is 18.1. The van der Waals surface area contributed by atoms with Crippen molar-refractivity contribution in [2.45, 2.75) is 57.8 Å². The molecule has 2 aromatic heterocycles. The number of nitrogens with zero attached hydrogens (tertiary/aromatic N) is 3. The Hall–Kier alpha value is -3.14. The van der Waals surface area contributed by atoms with E-state index in [4.69, 9.17) is 20.3 Å². The lowest BCUT2D eigenvalue weighted by Crippen LogP contribution is -2.34. The van der Waals surface area contributed by atoms with E-state index in [0.717, 1.165) is 37.3 Å². The molecule has 3 rings (SSSR count). The zero-order valence-electron chi connectivity index (χ0n) is 18.2. The Labute approximate surface area is 186 Å². The molecule has 0 bridgehead atoms. The maximum Gasteiger partial charge on any atom is 0.506 e. The minimum Gasteiger partial charge on any atom is -0.492 e. The Bertz CT molecular complexity index is 879. The van der Waals surface area contributed by atoms with Gasteiger partial charge in [-0.05, 0) is 63.6 Å². The summed E-state index contributed by atoms with van der Waals surface area (Å²) >= 11 is 0. The second-order valence-corrected chi connectivity index (χ2v) is 7.80. The number of amides is 1. The quantitative estimate of drug-likeness (QED) is 0.396. The predicted molar refractivity (Wildman–Crippen MR) is 115 cm³/mol. The summed E-state index contributed by atoms with van der Waals surface area (Å²) in [6.45, 7) is 2.71. The van der Waals surface area contributed by atoms with E-state index < -0.39 is 24.1 Å². The normalized spacial score (nSPS) is 18.0. The van der Waals surface area contributed by atoms with Gasteiger partial charge in [-0.2, -0.15) is 5.10 Å². The summed E-state index contributed by atoms with van der Waals surface area (Å²) in [5.41, 5.74) is 7.06. The fourth-order valence-corrected chi connectivity index (χ4v) is 3.79. The molecule has 2 aromatic rings. The third-order valence-corrected chi connectivity index (χ3v) is 5.49. The zero-order chi connectivity index (χ0) is 22.9. The molecular weight excluding hydrogens is 416 g/mol. The fourth-order valence-electron chi connectivity index (χ4n) is 3.79. The van der Waals surface area contributed by atoms with Crippen LogP contribution in [-0.4, -0.2) is 51.3 Å². The van der Waals surface area contributed by atoms with Crippen LogP contribution in [0.25, 0.3) is 11.4 Å². The molecular formula is C22H30N4O6. The molecule has 3 heterocycles. The number of carbonyl (C=O) groups is 2. The Morgan fingerprint density at radius 1 is 1.31 bits per heavy atom. The van der Waals surface area contributed by atoms with Crippen molar-refractivity contribution in [3.05, 3.63) is 30.6 Å². The van der Waals surface area contributed by atoms with Gasteiger partial charge in [0.2, 0.25) is 5.91 Å². The summed E-state index contributed by atoms with van der Waals surface area (Å²) in [6, 6.07) is 5.67. The second-order valence-electron chi connectivity index (χ2n) is 7.80. The van der Waals surface area contributed by atoms with Crippen LogP contribution in [0, 0.1) is 5.92 Å². The first-order chi connectivity index (χ1) is 15.5. The number of unbranched alkanes of at least 4 members (excludes halogenated alkanes) is 1. The number of primary amides is 1. The Kier molecular flexibility index (Phi) is 8.43. The predicted octanol–water partition coefficient (Wildman–Crippen LogP) is 3.38. The molecule has 0 spiro atoms. The number of ether oxygens (including phenoxy) is 3. The topological polar surface area (TPSA) is 139 Å². The van der Waals surface area contributed by atoms with Crippen LogP contribution < -0.4 is 10.5 Å². The number of carbonyl (C=O) groups excluding carboxylic acids is 1. The third kappa shape index (κ3) is 6.43. The molecule has 3 N–H and O–H groups in total. The molecule has 174 valence electrons. The van der Waals surface area contributed by atoms with Gasteiger partial charge in [0.1, 0.15) is 11.9 Å². The summed E-state index contributed by atoms with van der Waals surface area (Å²) in [5.74, 6) is -0.592. The van der Waals surface area contributed by atoms with Crippen molar-refractivity contribution in [3.8, 4) is 17.1 Å². The van der Waals surface area contributed by atoms with Crippen LogP contribution in [0.15, 0.2) is 30.6 Å². The SMILES string of the molecule is CC(OC(=O)O)C(CCCCOc1ccc(-c2ccnn2C2CCCCO2)nc1)C(N)=O. The highest BCUT2D eigenvalue weighted by molar-refractivity contribution is 5.77. The average Bonchev–Trinajstić information content (AvgIpc) is 3.26. The molecule has 1 saturated heterocycles. The molecule has 10 heteroatoms. The van der Waals surface area contributed by atoms with E-state index in [9.17, 15) is 9.59 Å². The summed E-state index contributed by atoms with van der Waals surface area (Å²) in [5, 5.41) is 13.1. The van der Waals surface area contributed by atoms with Gasteiger partial charge in [0.25, 0.3) is 0 Å². The van der Waals surface area contributed by atoms with Gasteiger partial charge in [-0.1, -0.05) is 0 Å². The van der Waals surface area contributed by atoms with E-state index in [1.807, 2.05) is 22.9 Å². The smallest absolute Gasteiger partial charge is 0.492 e. The highest BCUT2D eigenvalue weighted by Crippen LogP contribution is 2.28. The van der Waals surface area contributed by atoms with Crippen LogP contribution in [-0.2, 0) is 14.3 Å². The molecule has 1 amide bonds. The van der Waals surface area contributed by atoms with E-state index in [-0.39, 0.29) is 6.23 Å².